The fraction of sp³-hybridized carbons (Fsp3) is 0.300. The molecule has 0 spiro atoms. The van der Waals surface area contributed by atoms with Crippen molar-refractivity contribution in [2.24, 2.45) is 0 Å². The number of aryl methyl sites for hydroxylation is 2. The molecule has 0 bridgehead atoms. The second-order valence-electron chi connectivity index (χ2n) is 7.14. The monoisotopic (exact) mass is 464 g/mol. The Hall–Kier alpha value is -2.20. The zero-order valence-electron chi connectivity index (χ0n) is 16.6. The number of hydrogen-bond acceptors (Lipinski definition) is 5. The summed E-state index contributed by atoms with van der Waals surface area (Å²) in [5, 5.41) is 4.45. The molecule has 2 aromatic heterocycles. The Morgan fingerprint density at radius 1 is 1.03 bits per heavy atom. The normalized spacial score (nSPS) is 15.5. The van der Waals surface area contributed by atoms with Crippen LogP contribution in [0.4, 0.5) is 0 Å². The van der Waals surface area contributed by atoms with Gasteiger partial charge in [-0.15, -0.1) is 11.3 Å². The number of sulfonamides is 1. The van der Waals surface area contributed by atoms with Crippen molar-refractivity contribution in [3.8, 4) is 5.69 Å². The molecule has 4 rings (SSSR count). The number of thiophene rings is 1. The first-order valence-electron chi connectivity index (χ1n) is 9.44. The van der Waals surface area contributed by atoms with E-state index in [1.165, 1.54) is 10.4 Å². The first-order valence-corrected chi connectivity index (χ1v) is 12.1. The molecule has 1 fully saturated rings. The number of nitrogens with zero attached hydrogens (tertiary/aromatic N) is 4. The van der Waals surface area contributed by atoms with Gasteiger partial charge in [0, 0.05) is 37.4 Å². The first kappa shape index (κ1) is 21.0. The average molecular weight is 465 g/mol. The van der Waals surface area contributed by atoms with Crippen LogP contribution in [0.25, 0.3) is 5.69 Å². The van der Waals surface area contributed by atoms with Crippen molar-refractivity contribution in [1.82, 2.24) is 19.0 Å². The molecule has 30 heavy (non-hydrogen) atoms. The molecule has 0 N–H and O–H groups in total. The number of aromatic nitrogens is 2. The number of carbonyl (C=O) groups excluding carboxylic acids is 1. The van der Waals surface area contributed by atoms with Crippen molar-refractivity contribution in [3.05, 3.63) is 63.8 Å². The summed E-state index contributed by atoms with van der Waals surface area (Å²) >= 11 is 6.92. The maximum atomic E-state index is 12.9. The number of carbonyl (C=O) groups is 1. The molecule has 0 saturated carbocycles. The van der Waals surface area contributed by atoms with Gasteiger partial charge in [-0.25, -0.2) is 13.1 Å². The van der Waals surface area contributed by atoms with Gasteiger partial charge in [0.15, 0.2) is 0 Å². The molecule has 0 radical (unpaired) electrons. The van der Waals surface area contributed by atoms with Crippen LogP contribution in [0.15, 0.2) is 46.7 Å². The maximum absolute atomic E-state index is 12.9. The molecule has 158 valence electrons. The number of rotatable bonds is 4. The predicted octanol–water partition coefficient (Wildman–Crippen LogP) is 3.35. The minimum absolute atomic E-state index is 0.105. The Morgan fingerprint density at radius 3 is 2.23 bits per heavy atom. The van der Waals surface area contributed by atoms with Gasteiger partial charge in [-0.05, 0) is 56.3 Å². The van der Waals surface area contributed by atoms with Gasteiger partial charge in [-0.2, -0.15) is 9.40 Å². The highest BCUT2D eigenvalue weighted by atomic mass is 35.5. The number of amides is 1. The van der Waals surface area contributed by atoms with E-state index in [2.05, 4.69) is 5.10 Å². The van der Waals surface area contributed by atoms with Gasteiger partial charge < -0.3 is 4.90 Å². The molecule has 0 unspecified atom stereocenters. The van der Waals surface area contributed by atoms with Crippen molar-refractivity contribution in [1.29, 1.82) is 0 Å². The van der Waals surface area contributed by atoms with Gasteiger partial charge >= 0.3 is 0 Å². The van der Waals surface area contributed by atoms with Gasteiger partial charge in [0.25, 0.3) is 15.9 Å². The van der Waals surface area contributed by atoms with Crippen LogP contribution in [0, 0.1) is 13.8 Å². The highest BCUT2D eigenvalue weighted by Crippen LogP contribution is 2.28. The quantitative estimate of drug-likeness (QED) is 0.593. The van der Waals surface area contributed by atoms with Crippen LogP contribution in [0.1, 0.15) is 21.7 Å². The molecule has 1 aliphatic rings. The highest BCUT2D eigenvalue weighted by molar-refractivity contribution is 7.91. The smallest absolute Gasteiger partial charge is 0.253 e. The predicted molar refractivity (Wildman–Crippen MR) is 117 cm³/mol. The van der Waals surface area contributed by atoms with Crippen LogP contribution >= 0.6 is 22.9 Å². The average Bonchev–Trinajstić information content (AvgIpc) is 3.33. The Bertz CT molecular complexity index is 1180. The zero-order chi connectivity index (χ0) is 21.5. The van der Waals surface area contributed by atoms with Crippen LogP contribution in [0.3, 0.4) is 0 Å². The Balaban J connectivity index is 1.42. The molecule has 1 amide bonds. The van der Waals surface area contributed by atoms with Gasteiger partial charge in [0.05, 0.1) is 15.7 Å². The second-order valence-corrected chi connectivity index (χ2v) is 11.0. The lowest BCUT2D eigenvalue weighted by molar-refractivity contribution is 0.0698. The molecule has 1 saturated heterocycles. The lowest BCUT2D eigenvalue weighted by Crippen LogP contribution is -2.50. The van der Waals surface area contributed by atoms with Gasteiger partial charge in [-0.1, -0.05) is 11.6 Å². The van der Waals surface area contributed by atoms with Crippen LogP contribution in [-0.4, -0.2) is 59.5 Å². The van der Waals surface area contributed by atoms with E-state index in [0.29, 0.717) is 23.0 Å². The molecule has 7 nitrogen and oxygen atoms in total. The zero-order valence-corrected chi connectivity index (χ0v) is 19.0. The Labute approximate surface area is 184 Å². The first-order chi connectivity index (χ1) is 14.3. The SMILES string of the molecule is Cc1cc(C)n(-c2ccc(C(=O)N3CCN(S(=O)(=O)c4ccc(Cl)s4)CC3)cc2)n1. The van der Waals surface area contributed by atoms with E-state index in [4.69, 9.17) is 11.6 Å². The molecule has 1 aliphatic heterocycles. The third-order valence-electron chi connectivity index (χ3n) is 5.04. The minimum Gasteiger partial charge on any atom is -0.336 e. The fourth-order valence-electron chi connectivity index (χ4n) is 3.51. The summed E-state index contributed by atoms with van der Waals surface area (Å²) < 4.78 is 29.3. The molecule has 0 atom stereocenters. The summed E-state index contributed by atoms with van der Waals surface area (Å²) in [5.74, 6) is -0.105. The van der Waals surface area contributed by atoms with E-state index >= 15 is 0 Å². The third kappa shape index (κ3) is 4.02. The van der Waals surface area contributed by atoms with E-state index in [1.807, 2.05) is 36.7 Å². The summed E-state index contributed by atoms with van der Waals surface area (Å²) in [4.78, 5) is 14.6. The van der Waals surface area contributed by atoms with E-state index in [1.54, 1.807) is 23.1 Å². The largest absolute Gasteiger partial charge is 0.336 e. The summed E-state index contributed by atoms with van der Waals surface area (Å²) in [6.07, 6.45) is 0. The Kier molecular flexibility index (Phi) is 5.71. The second kappa shape index (κ2) is 8.14. The molecular weight excluding hydrogens is 444 g/mol. The summed E-state index contributed by atoms with van der Waals surface area (Å²) in [6, 6.07) is 12.4. The number of benzene rings is 1. The fourth-order valence-corrected chi connectivity index (χ4v) is 6.57. The number of hydrogen-bond donors (Lipinski definition) is 0. The van der Waals surface area contributed by atoms with Gasteiger partial charge in [0.1, 0.15) is 4.21 Å². The van der Waals surface area contributed by atoms with Crippen LogP contribution in [0.2, 0.25) is 4.34 Å². The van der Waals surface area contributed by atoms with Crippen molar-refractivity contribution < 1.29 is 13.2 Å². The molecule has 1 aromatic carbocycles. The van der Waals surface area contributed by atoms with E-state index in [0.717, 1.165) is 28.4 Å². The molecular formula is C20H21ClN4O3S2. The highest BCUT2D eigenvalue weighted by Gasteiger charge is 2.31. The van der Waals surface area contributed by atoms with Crippen molar-refractivity contribution >= 4 is 38.9 Å². The Morgan fingerprint density at radius 2 is 1.70 bits per heavy atom. The topological polar surface area (TPSA) is 75.5 Å². The summed E-state index contributed by atoms with van der Waals surface area (Å²) in [7, 11) is -3.57. The van der Waals surface area contributed by atoms with E-state index < -0.39 is 10.0 Å². The maximum Gasteiger partial charge on any atom is 0.253 e. The summed E-state index contributed by atoms with van der Waals surface area (Å²) in [6.45, 7) is 5.12. The molecule has 0 aliphatic carbocycles. The van der Waals surface area contributed by atoms with Crippen LogP contribution < -0.4 is 0 Å². The van der Waals surface area contributed by atoms with Crippen molar-refractivity contribution in [2.45, 2.75) is 18.1 Å². The standard InChI is InChI=1S/C20H21ClN4O3S2/c1-14-13-15(2)25(22-14)17-5-3-16(4-6-17)20(26)23-9-11-24(12-10-23)30(27,28)19-8-7-18(21)29-19/h3-8,13H,9-12H2,1-2H3. The van der Waals surface area contributed by atoms with Crippen molar-refractivity contribution in [2.75, 3.05) is 26.2 Å². The lowest BCUT2D eigenvalue weighted by atomic mass is 10.1. The third-order valence-corrected chi connectivity index (χ3v) is 8.63. The van der Waals surface area contributed by atoms with Crippen LogP contribution in [0.5, 0.6) is 0 Å². The van der Waals surface area contributed by atoms with E-state index in [-0.39, 0.29) is 23.2 Å². The number of halogens is 1. The van der Waals surface area contributed by atoms with Crippen molar-refractivity contribution in [3.63, 3.8) is 0 Å². The van der Waals surface area contributed by atoms with Gasteiger partial charge in [-0.3, -0.25) is 4.79 Å². The molecule has 3 aromatic rings. The molecule has 3 heterocycles. The number of piperazine rings is 1. The van der Waals surface area contributed by atoms with Crippen LogP contribution in [-0.2, 0) is 10.0 Å². The van der Waals surface area contributed by atoms with Gasteiger partial charge in [0.2, 0.25) is 0 Å². The lowest BCUT2D eigenvalue weighted by Gasteiger charge is -2.33. The summed E-state index contributed by atoms with van der Waals surface area (Å²) in [5.41, 5.74) is 3.42. The van der Waals surface area contributed by atoms with E-state index in [9.17, 15) is 13.2 Å². The minimum atomic E-state index is -3.57. The molecule has 10 heteroatoms.